The first kappa shape index (κ1) is 15.8. The van der Waals surface area contributed by atoms with Crippen LogP contribution in [0.15, 0.2) is 36.5 Å². The zero-order valence-electron chi connectivity index (χ0n) is 12.7. The number of rotatable bonds is 3. The molecule has 2 heterocycles. The van der Waals surface area contributed by atoms with Crippen molar-refractivity contribution >= 4 is 40.4 Å². The van der Waals surface area contributed by atoms with Gasteiger partial charge in [0.1, 0.15) is 5.65 Å². The summed E-state index contributed by atoms with van der Waals surface area (Å²) < 4.78 is 1.95. The summed E-state index contributed by atoms with van der Waals surface area (Å²) in [6, 6.07) is 9.08. The fourth-order valence-corrected chi connectivity index (χ4v) is 2.87. The molecule has 0 fully saturated rings. The average Bonchev–Trinajstić information content (AvgIpc) is 2.82. The number of aryl methyl sites for hydroxylation is 2. The minimum absolute atomic E-state index is 0.166. The van der Waals surface area contributed by atoms with Gasteiger partial charge in [-0.05, 0) is 37.6 Å². The van der Waals surface area contributed by atoms with E-state index >= 15 is 0 Å². The summed E-state index contributed by atoms with van der Waals surface area (Å²) in [6.07, 6.45) is 2.12. The van der Waals surface area contributed by atoms with Crippen molar-refractivity contribution in [1.29, 1.82) is 0 Å². The number of amides is 1. The van der Waals surface area contributed by atoms with Crippen LogP contribution in [0.25, 0.3) is 5.65 Å². The van der Waals surface area contributed by atoms with Crippen molar-refractivity contribution in [3.05, 3.63) is 63.5 Å². The molecule has 0 aliphatic carbocycles. The van der Waals surface area contributed by atoms with Gasteiger partial charge in [0.05, 0.1) is 33.5 Å². The minimum Gasteiger partial charge on any atom is -0.324 e. The van der Waals surface area contributed by atoms with E-state index in [1.807, 2.05) is 36.6 Å². The highest BCUT2D eigenvalue weighted by molar-refractivity contribution is 6.43. The third-order valence-corrected chi connectivity index (χ3v) is 4.52. The molecule has 4 nitrogen and oxygen atoms in total. The van der Waals surface area contributed by atoms with Gasteiger partial charge in [0.15, 0.2) is 0 Å². The molecule has 3 aromatic rings. The lowest BCUT2D eigenvalue weighted by molar-refractivity contribution is -0.115. The predicted molar refractivity (Wildman–Crippen MR) is 93.5 cm³/mol. The number of carbonyl (C=O) groups excluding carboxylic acids is 1. The van der Waals surface area contributed by atoms with E-state index < -0.39 is 0 Å². The van der Waals surface area contributed by atoms with Crippen LogP contribution in [0.1, 0.15) is 17.0 Å². The van der Waals surface area contributed by atoms with Crippen LogP contribution in [0.4, 0.5) is 5.69 Å². The molecule has 0 unspecified atom stereocenters. The number of hydrogen-bond acceptors (Lipinski definition) is 2. The fourth-order valence-electron chi connectivity index (χ4n) is 2.53. The average molecular weight is 348 g/mol. The van der Waals surface area contributed by atoms with Crippen molar-refractivity contribution in [2.75, 3.05) is 5.32 Å². The minimum atomic E-state index is -0.166. The van der Waals surface area contributed by atoms with Crippen molar-refractivity contribution < 1.29 is 4.79 Å². The van der Waals surface area contributed by atoms with Crippen molar-refractivity contribution in [2.24, 2.45) is 0 Å². The summed E-state index contributed by atoms with van der Waals surface area (Å²) in [4.78, 5) is 16.9. The number of halogens is 2. The van der Waals surface area contributed by atoms with E-state index in [1.165, 1.54) is 0 Å². The Morgan fingerprint density at radius 3 is 2.78 bits per heavy atom. The summed E-state index contributed by atoms with van der Waals surface area (Å²) >= 11 is 12.1. The molecule has 0 atom stereocenters. The number of nitrogens with one attached hydrogen (secondary N) is 1. The Balaban J connectivity index is 1.88. The number of anilines is 1. The Bertz CT molecular complexity index is 902. The van der Waals surface area contributed by atoms with Crippen molar-refractivity contribution in [1.82, 2.24) is 9.38 Å². The normalized spacial score (nSPS) is 11.0. The molecule has 0 radical (unpaired) electrons. The van der Waals surface area contributed by atoms with Gasteiger partial charge in [0.2, 0.25) is 5.91 Å². The second-order valence-corrected chi connectivity index (χ2v) is 6.14. The maximum absolute atomic E-state index is 12.4. The smallest absolute Gasteiger partial charge is 0.230 e. The molecule has 23 heavy (non-hydrogen) atoms. The standard InChI is InChI=1S/C17H15Cl2N3O/c1-10-5-4-8-22-14(11(2)20-17(10)22)9-15(23)21-13-7-3-6-12(18)16(13)19/h3-8H,9H2,1-2H3,(H,21,23). The first-order chi connectivity index (χ1) is 11.0. The molecule has 2 aromatic heterocycles. The van der Waals surface area contributed by atoms with E-state index in [0.29, 0.717) is 15.7 Å². The molecule has 0 saturated carbocycles. The van der Waals surface area contributed by atoms with Crippen LogP contribution >= 0.6 is 23.2 Å². The predicted octanol–water partition coefficient (Wildman–Crippen LogP) is 4.44. The van der Waals surface area contributed by atoms with Crippen LogP contribution < -0.4 is 5.32 Å². The first-order valence-corrected chi connectivity index (χ1v) is 7.90. The number of pyridine rings is 1. The lowest BCUT2D eigenvalue weighted by Crippen LogP contribution is -2.16. The van der Waals surface area contributed by atoms with Gasteiger partial charge < -0.3 is 9.72 Å². The van der Waals surface area contributed by atoms with Crippen LogP contribution in [0, 0.1) is 13.8 Å². The number of fused-ring (bicyclic) bond motifs is 1. The quantitative estimate of drug-likeness (QED) is 0.761. The monoisotopic (exact) mass is 347 g/mol. The molecule has 1 aromatic carbocycles. The Hall–Kier alpha value is -2.04. The third-order valence-electron chi connectivity index (χ3n) is 3.70. The highest BCUT2D eigenvalue weighted by atomic mass is 35.5. The van der Waals surface area contributed by atoms with E-state index in [0.717, 1.165) is 22.6 Å². The lowest BCUT2D eigenvalue weighted by Gasteiger charge is -2.09. The summed E-state index contributed by atoms with van der Waals surface area (Å²) in [5, 5.41) is 3.55. The molecule has 6 heteroatoms. The molecular weight excluding hydrogens is 333 g/mol. The fraction of sp³-hybridized carbons (Fsp3) is 0.176. The third kappa shape index (κ3) is 3.05. The zero-order valence-corrected chi connectivity index (χ0v) is 14.2. The number of benzene rings is 1. The SMILES string of the molecule is Cc1nc2c(C)cccn2c1CC(=O)Nc1cccc(Cl)c1Cl. The van der Waals surface area contributed by atoms with Crippen molar-refractivity contribution in [2.45, 2.75) is 20.3 Å². The molecule has 1 N–H and O–H groups in total. The number of imidazole rings is 1. The summed E-state index contributed by atoms with van der Waals surface area (Å²) in [7, 11) is 0. The van der Waals surface area contributed by atoms with Gasteiger partial charge in [-0.2, -0.15) is 0 Å². The number of aromatic nitrogens is 2. The van der Waals surface area contributed by atoms with Gasteiger partial charge in [0.25, 0.3) is 0 Å². The van der Waals surface area contributed by atoms with Crippen LogP contribution in [-0.2, 0) is 11.2 Å². The second kappa shape index (κ2) is 6.22. The Labute approximate surface area is 144 Å². The molecule has 0 aliphatic heterocycles. The highest BCUT2D eigenvalue weighted by Crippen LogP contribution is 2.29. The second-order valence-electron chi connectivity index (χ2n) is 5.36. The lowest BCUT2D eigenvalue weighted by atomic mass is 10.2. The number of nitrogens with zero attached hydrogens (tertiary/aromatic N) is 2. The van der Waals surface area contributed by atoms with Crippen molar-refractivity contribution in [3.63, 3.8) is 0 Å². The van der Waals surface area contributed by atoms with Crippen LogP contribution in [0.2, 0.25) is 10.0 Å². The topological polar surface area (TPSA) is 46.4 Å². The highest BCUT2D eigenvalue weighted by Gasteiger charge is 2.15. The van der Waals surface area contributed by atoms with Gasteiger partial charge in [-0.1, -0.05) is 35.3 Å². The van der Waals surface area contributed by atoms with E-state index in [2.05, 4.69) is 10.3 Å². The maximum atomic E-state index is 12.4. The Morgan fingerprint density at radius 1 is 1.22 bits per heavy atom. The largest absolute Gasteiger partial charge is 0.324 e. The summed E-state index contributed by atoms with van der Waals surface area (Å²) in [6.45, 7) is 3.90. The van der Waals surface area contributed by atoms with E-state index in [1.54, 1.807) is 18.2 Å². The Kier molecular flexibility index (Phi) is 4.28. The van der Waals surface area contributed by atoms with Gasteiger partial charge >= 0.3 is 0 Å². The van der Waals surface area contributed by atoms with Gasteiger partial charge in [0, 0.05) is 6.20 Å². The molecular formula is C17H15Cl2N3O. The molecule has 0 spiro atoms. The molecule has 118 valence electrons. The summed E-state index contributed by atoms with van der Waals surface area (Å²) in [5.74, 6) is -0.166. The van der Waals surface area contributed by atoms with Gasteiger partial charge in [-0.3, -0.25) is 4.79 Å². The molecule has 0 aliphatic rings. The number of hydrogen-bond donors (Lipinski definition) is 1. The van der Waals surface area contributed by atoms with E-state index in [-0.39, 0.29) is 12.3 Å². The van der Waals surface area contributed by atoms with E-state index in [4.69, 9.17) is 23.2 Å². The van der Waals surface area contributed by atoms with Crippen molar-refractivity contribution in [3.8, 4) is 0 Å². The zero-order chi connectivity index (χ0) is 16.6. The molecule has 3 rings (SSSR count). The molecule has 0 bridgehead atoms. The molecule has 1 amide bonds. The molecule has 0 saturated heterocycles. The number of carbonyl (C=O) groups is 1. The first-order valence-electron chi connectivity index (χ1n) is 7.14. The Morgan fingerprint density at radius 2 is 2.00 bits per heavy atom. The van der Waals surface area contributed by atoms with Gasteiger partial charge in [-0.25, -0.2) is 4.98 Å². The van der Waals surface area contributed by atoms with Crippen LogP contribution in [-0.4, -0.2) is 15.3 Å². The van der Waals surface area contributed by atoms with E-state index in [9.17, 15) is 4.79 Å². The maximum Gasteiger partial charge on any atom is 0.230 e. The van der Waals surface area contributed by atoms with Crippen LogP contribution in [0.5, 0.6) is 0 Å². The summed E-state index contributed by atoms with van der Waals surface area (Å²) in [5.41, 5.74) is 4.14. The van der Waals surface area contributed by atoms with Gasteiger partial charge in [-0.15, -0.1) is 0 Å². The van der Waals surface area contributed by atoms with Crippen LogP contribution in [0.3, 0.4) is 0 Å².